The highest BCUT2D eigenvalue weighted by Crippen LogP contribution is 2.35. The Morgan fingerprint density at radius 3 is 2.70 bits per heavy atom. The fraction of sp³-hybridized carbons (Fsp3) is 0.409. The summed E-state index contributed by atoms with van der Waals surface area (Å²) in [5.74, 6) is 0. The lowest BCUT2D eigenvalue weighted by molar-refractivity contribution is -0.185. The number of nitriles is 1. The predicted molar refractivity (Wildman–Crippen MR) is 110 cm³/mol. The average molecular weight is 438 g/mol. The molecule has 1 fully saturated rings. The summed E-state index contributed by atoms with van der Waals surface area (Å²) in [5.41, 5.74) is 0.557. The predicted octanol–water partition coefficient (Wildman–Crippen LogP) is 5.65. The lowest BCUT2D eigenvalue weighted by Crippen LogP contribution is -2.48. The zero-order chi connectivity index (χ0) is 21.7. The number of halogens is 4. The molecule has 2 aromatic carbocycles. The second kappa shape index (κ2) is 9.69. The molecule has 0 aliphatic carbocycles. The molecule has 0 saturated carbocycles. The molecule has 0 aromatic heterocycles. The third-order valence-corrected chi connectivity index (χ3v) is 5.43. The van der Waals surface area contributed by atoms with E-state index in [1.807, 2.05) is 23.0 Å². The van der Waals surface area contributed by atoms with Gasteiger partial charge in [-0.05, 0) is 42.7 Å². The Morgan fingerprint density at radius 2 is 2.03 bits per heavy atom. The summed E-state index contributed by atoms with van der Waals surface area (Å²) in [5, 5.41) is 11.3. The Bertz CT molecular complexity index is 911. The highest BCUT2D eigenvalue weighted by atomic mass is 35.5. The topological polar surface area (TPSA) is 39.5 Å². The second-order valence-corrected chi connectivity index (χ2v) is 7.63. The van der Waals surface area contributed by atoms with Crippen LogP contribution in [0.1, 0.15) is 36.5 Å². The van der Waals surface area contributed by atoms with Gasteiger partial charge in [0.1, 0.15) is 6.07 Å². The van der Waals surface area contributed by atoms with Gasteiger partial charge >= 0.3 is 6.18 Å². The standard InChI is InChI=1S/C22H23ClF3N3O/c1-2-10-28-15-19(9-11-30-28)29(18-8-7-16(13-27)21(23)12-18)14-17-5-3-4-6-20(17)22(24,25)26/h3-8,12,19H,2,9-11,14-15H2,1H3/t19-/m0/s1. The SMILES string of the molecule is CCCN1C[C@@H](N(Cc2ccccc2C(F)(F)F)c2ccc(C#N)c(Cl)c2)CCO1. The molecule has 160 valence electrons. The molecule has 0 radical (unpaired) electrons. The van der Waals surface area contributed by atoms with E-state index in [1.165, 1.54) is 12.1 Å². The van der Waals surface area contributed by atoms with E-state index in [1.54, 1.807) is 24.3 Å². The first-order chi connectivity index (χ1) is 14.3. The van der Waals surface area contributed by atoms with Crippen LogP contribution < -0.4 is 4.90 Å². The molecule has 8 heteroatoms. The molecule has 0 unspecified atom stereocenters. The van der Waals surface area contributed by atoms with Gasteiger partial charge in [-0.15, -0.1) is 0 Å². The smallest absolute Gasteiger partial charge is 0.363 e. The van der Waals surface area contributed by atoms with Gasteiger partial charge in [-0.25, -0.2) is 0 Å². The minimum atomic E-state index is -4.44. The fourth-order valence-electron chi connectivity index (χ4n) is 3.68. The van der Waals surface area contributed by atoms with Crippen molar-refractivity contribution >= 4 is 17.3 Å². The minimum absolute atomic E-state index is 0.0596. The van der Waals surface area contributed by atoms with Crippen molar-refractivity contribution in [2.24, 2.45) is 0 Å². The molecular formula is C22H23ClF3N3O. The third-order valence-electron chi connectivity index (χ3n) is 5.12. The lowest BCUT2D eigenvalue weighted by Gasteiger charge is -2.40. The lowest BCUT2D eigenvalue weighted by atomic mass is 10.0. The molecule has 1 aliphatic rings. The van der Waals surface area contributed by atoms with Crippen molar-refractivity contribution in [3.8, 4) is 6.07 Å². The molecule has 0 spiro atoms. The van der Waals surface area contributed by atoms with Crippen molar-refractivity contribution in [2.45, 2.75) is 38.5 Å². The molecule has 2 aromatic rings. The van der Waals surface area contributed by atoms with Crippen LogP contribution in [-0.4, -0.2) is 30.8 Å². The van der Waals surface area contributed by atoms with Crippen molar-refractivity contribution < 1.29 is 18.0 Å². The van der Waals surface area contributed by atoms with Gasteiger partial charge in [0.15, 0.2) is 0 Å². The number of hydrogen-bond donors (Lipinski definition) is 0. The summed E-state index contributed by atoms with van der Waals surface area (Å²) >= 11 is 6.23. The first-order valence-electron chi connectivity index (χ1n) is 9.82. The van der Waals surface area contributed by atoms with Crippen LogP contribution in [0.25, 0.3) is 0 Å². The van der Waals surface area contributed by atoms with E-state index in [-0.39, 0.29) is 23.2 Å². The Kier molecular flexibility index (Phi) is 7.24. The zero-order valence-electron chi connectivity index (χ0n) is 16.6. The van der Waals surface area contributed by atoms with Crippen LogP contribution in [0.2, 0.25) is 5.02 Å². The molecule has 1 saturated heterocycles. The monoisotopic (exact) mass is 437 g/mol. The number of nitrogens with zero attached hydrogens (tertiary/aromatic N) is 3. The number of rotatable bonds is 6. The van der Waals surface area contributed by atoms with Gasteiger partial charge in [-0.3, -0.25) is 4.84 Å². The first-order valence-corrected chi connectivity index (χ1v) is 10.2. The van der Waals surface area contributed by atoms with E-state index in [4.69, 9.17) is 21.7 Å². The van der Waals surface area contributed by atoms with Crippen LogP contribution in [0.4, 0.5) is 18.9 Å². The zero-order valence-corrected chi connectivity index (χ0v) is 17.4. The molecular weight excluding hydrogens is 415 g/mol. The molecule has 0 bridgehead atoms. The van der Waals surface area contributed by atoms with Gasteiger partial charge in [0.25, 0.3) is 0 Å². The molecule has 1 aliphatic heterocycles. The number of benzene rings is 2. The number of hydrogen-bond acceptors (Lipinski definition) is 4. The molecule has 1 atom stereocenters. The van der Waals surface area contributed by atoms with Crippen molar-refractivity contribution in [1.29, 1.82) is 5.26 Å². The van der Waals surface area contributed by atoms with E-state index < -0.39 is 11.7 Å². The second-order valence-electron chi connectivity index (χ2n) is 7.22. The normalized spacial score (nSPS) is 17.5. The highest BCUT2D eigenvalue weighted by molar-refractivity contribution is 6.32. The van der Waals surface area contributed by atoms with Crippen molar-refractivity contribution in [2.75, 3.05) is 24.6 Å². The van der Waals surface area contributed by atoms with Gasteiger partial charge in [0.05, 0.1) is 22.8 Å². The van der Waals surface area contributed by atoms with Crippen molar-refractivity contribution in [3.63, 3.8) is 0 Å². The molecule has 1 heterocycles. The van der Waals surface area contributed by atoms with Crippen LogP contribution in [0, 0.1) is 11.3 Å². The molecule has 4 nitrogen and oxygen atoms in total. The third kappa shape index (κ3) is 5.25. The average Bonchev–Trinajstić information content (AvgIpc) is 2.72. The van der Waals surface area contributed by atoms with Gasteiger partial charge < -0.3 is 4.90 Å². The Hall–Kier alpha value is -2.27. The largest absolute Gasteiger partial charge is 0.416 e. The van der Waals surface area contributed by atoms with Gasteiger partial charge in [0, 0.05) is 31.4 Å². The molecule has 0 amide bonds. The summed E-state index contributed by atoms with van der Waals surface area (Å²) in [6.45, 7) is 3.93. The van der Waals surface area contributed by atoms with Gasteiger partial charge in [-0.1, -0.05) is 36.7 Å². The quantitative estimate of drug-likeness (QED) is 0.585. The van der Waals surface area contributed by atoms with Gasteiger partial charge in [-0.2, -0.15) is 23.5 Å². The van der Waals surface area contributed by atoms with E-state index in [0.717, 1.165) is 19.0 Å². The summed E-state index contributed by atoms with van der Waals surface area (Å²) < 4.78 is 40.7. The maximum atomic E-state index is 13.6. The summed E-state index contributed by atoms with van der Waals surface area (Å²) in [6, 6.07) is 12.6. The van der Waals surface area contributed by atoms with Crippen LogP contribution in [0.5, 0.6) is 0 Å². The Balaban J connectivity index is 1.99. The van der Waals surface area contributed by atoms with Crippen LogP contribution in [0.3, 0.4) is 0 Å². The molecule has 0 N–H and O–H groups in total. The maximum absolute atomic E-state index is 13.6. The molecule has 3 rings (SSSR count). The van der Waals surface area contributed by atoms with E-state index >= 15 is 0 Å². The Labute approximate surface area is 179 Å². The Morgan fingerprint density at radius 1 is 1.27 bits per heavy atom. The maximum Gasteiger partial charge on any atom is 0.416 e. The number of anilines is 1. The first kappa shape index (κ1) is 22.4. The van der Waals surface area contributed by atoms with E-state index in [9.17, 15) is 13.2 Å². The van der Waals surface area contributed by atoms with Crippen molar-refractivity contribution in [3.05, 3.63) is 64.2 Å². The van der Waals surface area contributed by atoms with E-state index in [0.29, 0.717) is 30.8 Å². The van der Waals surface area contributed by atoms with Gasteiger partial charge in [0.2, 0.25) is 0 Å². The highest BCUT2D eigenvalue weighted by Gasteiger charge is 2.34. The molecule has 30 heavy (non-hydrogen) atoms. The number of alkyl halides is 3. The fourth-order valence-corrected chi connectivity index (χ4v) is 3.90. The van der Waals surface area contributed by atoms with Crippen molar-refractivity contribution in [1.82, 2.24) is 5.06 Å². The summed E-state index contributed by atoms with van der Waals surface area (Å²) in [6.07, 6.45) is -2.85. The van der Waals surface area contributed by atoms with Crippen LogP contribution in [-0.2, 0) is 17.6 Å². The summed E-state index contributed by atoms with van der Waals surface area (Å²) in [4.78, 5) is 7.61. The number of hydroxylamine groups is 2. The minimum Gasteiger partial charge on any atom is -0.363 e. The van der Waals surface area contributed by atoms with E-state index in [2.05, 4.69) is 0 Å². The summed E-state index contributed by atoms with van der Waals surface area (Å²) in [7, 11) is 0. The van der Waals surface area contributed by atoms with Crippen LogP contribution >= 0.6 is 11.6 Å². The van der Waals surface area contributed by atoms with Crippen LogP contribution in [0.15, 0.2) is 42.5 Å².